The number of nitrogen functional groups attached to an aromatic ring is 1. The van der Waals surface area contributed by atoms with Gasteiger partial charge in [-0.3, -0.25) is 0 Å². The number of nitrogens with two attached hydrogens (primary N) is 1. The predicted molar refractivity (Wildman–Crippen MR) is 65.7 cm³/mol. The Hall–Kier alpha value is -1.23. The van der Waals surface area contributed by atoms with Gasteiger partial charge in [0, 0.05) is 5.69 Å². The molecule has 1 aromatic carbocycles. The second kappa shape index (κ2) is 5.75. The summed E-state index contributed by atoms with van der Waals surface area (Å²) < 4.78 is 10.9. The van der Waals surface area contributed by atoms with E-state index in [1.54, 1.807) is 12.1 Å². The highest BCUT2D eigenvalue weighted by Gasteiger charge is 2.19. The lowest BCUT2D eigenvalue weighted by atomic mass is 10.1. The smallest absolute Gasteiger partial charge is 0.343 e. The first kappa shape index (κ1) is 12.8. The average molecular weight is 288 g/mol. The molecule has 0 aliphatic rings. The standard InChI is InChI=1S/C11H14BrNO3/c1-3-6-16-10-7(12)4-5-8(13)9(10)11(14)15-2/h4-5H,3,6,13H2,1-2H3. The molecule has 0 atom stereocenters. The van der Waals surface area contributed by atoms with Gasteiger partial charge in [0.25, 0.3) is 0 Å². The zero-order valence-electron chi connectivity index (χ0n) is 9.25. The third-order valence-electron chi connectivity index (χ3n) is 1.98. The summed E-state index contributed by atoms with van der Waals surface area (Å²) in [6.45, 7) is 2.50. The van der Waals surface area contributed by atoms with E-state index in [1.807, 2.05) is 6.92 Å². The van der Waals surface area contributed by atoms with Crippen LogP contribution in [-0.4, -0.2) is 19.7 Å². The van der Waals surface area contributed by atoms with Gasteiger partial charge in [0.2, 0.25) is 0 Å². The number of hydrogen-bond acceptors (Lipinski definition) is 4. The number of rotatable bonds is 4. The van der Waals surface area contributed by atoms with Crippen LogP contribution in [0.3, 0.4) is 0 Å². The summed E-state index contributed by atoms with van der Waals surface area (Å²) in [4.78, 5) is 11.6. The van der Waals surface area contributed by atoms with E-state index >= 15 is 0 Å². The van der Waals surface area contributed by atoms with Gasteiger partial charge in [-0.1, -0.05) is 6.92 Å². The third-order valence-corrected chi connectivity index (χ3v) is 2.61. The Morgan fingerprint density at radius 3 is 2.75 bits per heavy atom. The van der Waals surface area contributed by atoms with Crippen LogP contribution in [0.15, 0.2) is 16.6 Å². The molecule has 0 bridgehead atoms. The zero-order chi connectivity index (χ0) is 12.1. The topological polar surface area (TPSA) is 61.5 Å². The number of benzene rings is 1. The van der Waals surface area contributed by atoms with Crippen molar-refractivity contribution < 1.29 is 14.3 Å². The van der Waals surface area contributed by atoms with E-state index in [-0.39, 0.29) is 5.56 Å². The molecule has 0 radical (unpaired) electrons. The lowest BCUT2D eigenvalue weighted by Crippen LogP contribution is -2.10. The molecule has 0 spiro atoms. The van der Waals surface area contributed by atoms with Gasteiger partial charge in [-0.05, 0) is 34.5 Å². The second-order valence-corrected chi connectivity index (χ2v) is 4.04. The van der Waals surface area contributed by atoms with Crippen molar-refractivity contribution in [1.82, 2.24) is 0 Å². The van der Waals surface area contributed by atoms with Gasteiger partial charge in [0.05, 0.1) is 18.2 Å². The van der Waals surface area contributed by atoms with Crippen LogP contribution < -0.4 is 10.5 Å². The molecule has 2 N–H and O–H groups in total. The van der Waals surface area contributed by atoms with Crippen LogP contribution in [0.5, 0.6) is 5.75 Å². The molecular formula is C11H14BrNO3. The molecule has 88 valence electrons. The fourth-order valence-electron chi connectivity index (χ4n) is 1.23. The summed E-state index contributed by atoms with van der Waals surface area (Å²) in [6, 6.07) is 3.38. The second-order valence-electron chi connectivity index (χ2n) is 3.18. The first-order chi connectivity index (χ1) is 7.61. The minimum Gasteiger partial charge on any atom is -0.491 e. The first-order valence-electron chi connectivity index (χ1n) is 4.90. The Kier molecular flexibility index (Phi) is 4.61. The Morgan fingerprint density at radius 1 is 1.50 bits per heavy atom. The van der Waals surface area contributed by atoms with Gasteiger partial charge in [0.15, 0.2) is 0 Å². The maximum absolute atomic E-state index is 11.6. The SMILES string of the molecule is CCCOc1c(Br)ccc(N)c1C(=O)OC. The fraction of sp³-hybridized carbons (Fsp3) is 0.364. The number of ether oxygens (including phenoxy) is 2. The molecule has 0 aromatic heterocycles. The van der Waals surface area contributed by atoms with Crippen molar-refractivity contribution in [3.8, 4) is 5.75 Å². The zero-order valence-corrected chi connectivity index (χ0v) is 10.8. The van der Waals surface area contributed by atoms with Crippen LogP contribution >= 0.6 is 15.9 Å². The van der Waals surface area contributed by atoms with Crippen LogP contribution in [0.1, 0.15) is 23.7 Å². The number of carbonyl (C=O) groups is 1. The fourth-order valence-corrected chi connectivity index (χ4v) is 1.68. The van der Waals surface area contributed by atoms with Crippen molar-refractivity contribution in [2.75, 3.05) is 19.5 Å². The molecule has 1 aromatic rings. The number of carbonyl (C=O) groups excluding carboxylic acids is 1. The van der Waals surface area contributed by atoms with Crippen LogP contribution in [-0.2, 0) is 4.74 Å². The van der Waals surface area contributed by atoms with Crippen LogP contribution in [0, 0.1) is 0 Å². The van der Waals surface area contributed by atoms with E-state index in [1.165, 1.54) is 7.11 Å². The van der Waals surface area contributed by atoms with E-state index in [0.29, 0.717) is 22.5 Å². The highest BCUT2D eigenvalue weighted by molar-refractivity contribution is 9.10. The summed E-state index contributed by atoms with van der Waals surface area (Å²) >= 11 is 3.32. The third kappa shape index (κ3) is 2.66. The van der Waals surface area contributed by atoms with Gasteiger partial charge < -0.3 is 15.2 Å². The number of methoxy groups -OCH3 is 1. The van der Waals surface area contributed by atoms with Crippen LogP contribution in [0.4, 0.5) is 5.69 Å². The minimum absolute atomic E-state index is 0.269. The van der Waals surface area contributed by atoms with Crippen molar-refractivity contribution in [3.63, 3.8) is 0 Å². The predicted octanol–water partition coefficient (Wildman–Crippen LogP) is 2.61. The van der Waals surface area contributed by atoms with Crippen LogP contribution in [0.25, 0.3) is 0 Å². The van der Waals surface area contributed by atoms with E-state index in [0.717, 1.165) is 6.42 Å². The van der Waals surface area contributed by atoms with E-state index in [2.05, 4.69) is 20.7 Å². The normalized spacial score (nSPS) is 9.94. The molecule has 16 heavy (non-hydrogen) atoms. The van der Waals surface area contributed by atoms with Gasteiger partial charge >= 0.3 is 5.97 Å². The van der Waals surface area contributed by atoms with E-state index in [4.69, 9.17) is 10.5 Å². The molecule has 0 unspecified atom stereocenters. The summed E-state index contributed by atoms with van der Waals surface area (Å²) in [7, 11) is 1.31. The highest BCUT2D eigenvalue weighted by atomic mass is 79.9. The van der Waals surface area contributed by atoms with Crippen molar-refractivity contribution in [2.24, 2.45) is 0 Å². The van der Waals surface area contributed by atoms with Crippen molar-refractivity contribution in [3.05, 3.63) is 22.2 Å². The monoisotopic (exact) mass is 287 g/mol. The van der Waals surface area contributed by atoms with E-state index < -0.39 is 5.97 Å². The van der Waals surface area contributed by atoms with Gasteiger partial charge in [-0.25, -0.2) is 4.79 Å². The Bertz CT molecular complexity index is 393. The van der Waals surface area contributed by atoms with E-state index in [9.17, 15) is 4.79 Å². The quantitative estimate of drug-likeness (QED) is 0.683. The van der Waals surface area contributed by atoms with Gasteiger partial charge in [-0.2, -0.15) is 0 Å². The molecule has 0 aliphatic carbocycles. The first-order valence-corrected chi connectivity index (χ1v) is 5.70. The maximum Gasteiger partial charge on any atom is 0.343 e. The molecule has 0 saturated carbocycles. The molecule has 0 heterocycles. The number of esters is 1. The van der Waals surface area contributed by atoms with Crippen molar-refractivity contribution in [2.45, 2.75) is 13.3 Å². The van der Waals surface area contributed by atoms with Gasteiger partial charge in [-0.15, -0.1) is 0 Å². The van der Waals surface area contributed by atoms with Crippen LogP contribution in [0.2, 0.25) is 0 Å². The van der Waals surface area contributed by atoms with Crippen molar-refractivity contribution in [1.29, 1.82) is 0 Å². The molecule has 0 aliphatic heterocycles. The Labute approximate surface area is 103 Å². The Balaban J connectivity index is 3.19. The average Bonchev–Trinajstić information content (AvgIpc) is 2.29. The highest BCUT2D eigenvalue weighted by Crippen LogP contribution is 2.33. The van der Waals surface area contributed by atoms with Gasteiger partial charge in [0.1, 0.15) is 11.3 Å². The Morgan fingerprint density at radius 2 is 2.19 bits per heavy atom. The molecule has 0 amide bonds. The summed E-state index contributed by atoms with van der Waals surface area (Å²) in [5, 5.41) is 0. The summed E-state index contributed by atoms with van der Waals surface area (Å²) in [5.74, 6) is -0.0568. The molecule has 1 rings (SSSR count). The lowest BCUT2D eigenvalue weighted by Gasteiger charge is -2.13. The number of hydrogen-bond donors (Lipinski definition) is 1. The minimum atomic E-state index is -0.495. The maximum atomic E-state index is 11.6. The molecule has 0 fully saturated rings. The largest absolute Gasteiger partial charge is 0.491 e. The number of anilines is 1. The molecule has 0 saturated heterocycles. The van der Waals surface area contributed by atoms with Crippen molar-refractivity contribution >= 4 is 27.6 Å². The number of halogens is 1. The molecule has 4 nitrogen and oxygen atoms in total. The lowest BCUT2D eigenvalue weighted by molar-refractivity contribution is 0.0597. The summed E-state index contributed by atoms with van der Waals surface area (Å²) in [5.41, 5.74) is 6.35. The molecular weight excluding hydrogens is 274 g/mol. The summed E-state index contributed by atoms with van der Waals surface area (Å²) in [6.07, 6.45) is 0.849. The molecule has 5 heteroatoms.